The highest BCUT2D eigenvalue weighted by atomic mass is 16.5. The normalized spacial score (nSPS) is 19.3. The molecule has 1 fully saturated rings. The standard InChI is InChI=1S/C11H22N2O2/c1-3-5-10(12-4-2)8-13-6-7-15-9-11(13)14/h10,12H,3-9H2,1-2H3. The number of likely N-dealkylation sites (N-methyl/N-ethyl adjacent to an activating group) is 1. The molecule has 0 aromatic rings. The number of carbonyl (C=O) groups is 1. The molecular formula is C11H22N2O2. The maximum absolute atomic E-state index is 11.5. The van der Waals surface area contributed by atoms with E-state index in [2.05, 4.69) is 19.2 Å². The average molecular weight is 214 g/mol. The molecule has 0 aliphatic carbocycles. The average Bonchev–Trinajstić information content (AvgIpc) is 2.22. The van der Waals surface area contributed by atoms with Gasteiger partial charge in [0.15, 0.2) is 0 Å². The van der Waals surface area contributed by atoms with Gasteiger partial charge in [0, 0.05) is 19.1 Å². The minimum absolute atomic E-state index is 0.125. The van der Waals surface area contributed by atoms with Gasteiger partial charge in [-0.05, 0) is 13.0 Å². The van der Waals surface area contributed by atoms with Crippen LogP contribution in [0.4, 0.5) is 0 Å². The van der Waals surface area contributed by atoms with Gasteiger partial charge < -0.3 is 15.0 Å². The van der Waals surface area contributed by atoms with Gasteiger partial charge in [0.25, 0.3) is 0 Å². The van der Waals surface area contributed by atoms with Gasteiger partial charge in [0.2, 0.25) is 5.91 Å². The topological polar surface area (TPSA) is 41.6 Å². The van der Waals surface area contributed by atoms with E-state index < -0.39 is 0 Å². The number of ether oxygens (including phenoxy) is 1. The van der Waals surface area contributed by atoms with E-state index in [-0.39, 0.29) is 12.5 Å². The summed E-state index contributed by atoms with van der Waals surface area (Å²) in [6.45, 7) is 7.73. The molecule has 1 aliphatic rings. The lowest BCUT2D eigenvalue weighted by Crippen LogP contribution is -2.48. The summed E-state index contributed by atoms with van der Waals surface area (Å²) in [5.74, 6) is 0.125. The van der Waals surface area contributed by atoms with Gasteiger partial charge in [-0.2, -0.15) is 0 Å². The largest absolute Gasteiger partial charge is 0.370 e. The Morgan fingerprint density at radius 3 is 2.93 bits per heavy atom. The highest BCUT2D eigenvalue weighted by molar-refractivity contribution is 5.78. The molecule has 1 rings (SSSR count). The van der Waals surface area contributed by atoms with E-state index in [0.29, 0.717) is 12.6 Å². The Labute approximate surface area is 92.0 Å². The summed E-state index contributed by atoms with van der Waals surface area (Å²) in [5, 5.41) is 3.42. The summed E-state index contributed by atoms with van der Waals surface area (Å²) in [6, 6.07) is 0.432. The van der Waals surface area contributed by atoms with E-state index in [4.69, 9.17) is 4.74 Å². The summed E-state index contributed by atoms with van der Waals surface area (Å²) in [4.78, 5) is 13.4. The van der Waals surface area contributed by atoms with E-state index in [1.54, 1.807) is 0 Å². The first-order valence-corrected chi connectivity index (χ1v) is 5.86. The first kappa shape index (κ1) is 12.5. The number of amides is 1. The third-order valence-electron chi connectivity index (χ3n) is 2.65. The van der Waals surface area contributed by atoms with Gasteiger partial charge in [-0.25, -0.2) is 0 Å². The number of carbonyl (C=O) groups excluding carboxylic acids is 1. The van der Waals surface area contributed by atoms with Crippen LogP contribution < -0.4 is 5.32 Å². The maximum Gasteiger partial charge on any atom is 0.248 e. The second kappa shape index (κ2) is 6.80. The summed E-state index contributed by atoms with van der Waals surface area (Å²) < 4.78 is 5.10. The van der Waals surface area contributed by atoms with Crippen LogP contribution in [0.5, 0.6) is 0 Å². The van der Waals surface area contributed by atoms with Crippen LogP contribution in [0, 0.1) is 0 Å². The van der Waals surface area contributed by atoms with Crippen LogP contribution >= 0.6 is 0 Å². The Hall–Kier alpha value is -0.610. The molecule has 1 saturated heterocycles. The number of nitrogens with one attached hydrogen (secondary N) is 1. The zero-order valence-corrected chi connectivity index (χ0v) is 9.79. The Morgan fingerprint density at radius 1 is 1.53 bits per heavy atom. The second-order valence-corrected chi connectivity index (χ2v) is 3.94. The first-order valence-electron chi connectivity index (χ1n) is 5.86. The van der Waals surface area contributed by atoms with Crippen molar-refractivity contribution in [3.63, 3.8) is 0 Å². The molecule has 0 aromatic carbocycles. The minimum atomic E-state index is 0.125. The van der Waals surface area contributed by atoms with Crippen molar-refractivity contribution in [2.24, 2.45) is 0 Å². The zero-order chi connectivity index (χ0) is 11.1. The highest BCUT2D eigenvalue weighted by Gasteiger charge is 2.21. The van der Waals surface area contributed by atoms with Crippen molar-refractivity contribution < 1.29 is 9.53 Å². The van der Waals surface area contributed by atoms with Crippen molar-refractivity contribution in [1.29, 1.82) is 0 Å². The van der Waals surface area contributed by atoms with Gasteiger partial charge in [0.1, 0.15) is 6.61 Å². The third-order valence-corrected chi connectivity index (χ3v) is 2.65. The lowest BCUT2D eigenvalue weighted by molar-refractivity contribution is -0.143. The molecule has 0 radical (unpaired) electrons. The molecule has 1 N–H and O–H groups in total. The van der Waals surface area contributed by atoms with E-state index >= 15 is 0 Å². The molecule has 0 spiro atoms. The van der Waals surface area contributed by atoms with E-state index in [9.17, 15) is 4.79 Å². The van der Waals surface area contributed by atoms with Crippen molar-refractivity contribution in [2.45, 2.75) is 32.7 Å². The molecule has 15 heavy (non-hydrogen) atoms. The van der Waals surface area contributed by atoms with Crippen molar-refractivity contribution in [3.05, 3.63) is 0 Å². The third kappa shape index (κ3) is 4.18. The van der Waals surface area contributed by atoms with Crippen LogP contribution in [-0.2, 0) is 9.53 Å². The number of morpholine rings is 1. The Bertz CT molecular complexity index is 191. The van der Waals surface area contributed by atoms with Crippen LogP contribution in [-0.4, -0.2) is 49.7 Å². The first-order chi connectivity index (χ1) is 7.27. The molecule has 88 valence electrons. The number of hydrogen-bond donors (Lipinski definition) is 1. The summed E-state index contributed by atoms with van der Waals surface area (Å²) in [5.41, 5.74) is 0. The van der Waals surface area contributed by atoms with E-state index in [0.717, 1.165) is 32.5 Å². The van der Waals surface area contributed by atoms with Gasteiger partial charge in [-0.1, -0.05) is 20.3 Å². The molecule has 0 bridgehead atoms. The van der Waals surface area contributed by atoms with Crippen LogP contribution in [0.3, 0.4) is 0 Å². The Kier molecular flexibility index (Phi) is 5.65. The second-order valence-electron chi connectivity index (χ2n) is 3.94. The molecular weight excluding hydrogens is 192 g/mol. The zero-order valence-electron chi connectivity index (χ0n) is 9.79. The molecule has 4 heteroatoms. The smallest absolute Gasteiger partial charge is 0.248 e. The molecule has 1 atom stereocenters. The van der Waals surface area contributed by atoms with Gasteiger partial charge >= 0.3 is 0 Å². The molecule has 1 unspecified atom stereocenters. The predicted octanol–water partition coefficient (Wildman–Crippen LogP) is 0.623. The SMILES string of the molecule is CCCC(CN1CCOCC1=O)NCC. The van der Waals surface area contributed by atoms with Crippen LogP contribution in [0.25, 0.3) is 0 Å². The molecule has 0 aromatic heterocycles. The maximum atomic E-state index is 11.5. The lowest BCUT2D eigenvalue weighted by Gasteiger charge is -2.30. The van der Waals surface area contributed by atoms with Crippen molar-refractivity contribution >= 4 is 5.91 Å². The van der Waals surface area contributed by atoms with Crippen LogP contribution in [0.15, 0.2) is 0 Å². The fourth-order valence-corrected chi connectivity index (χ4v) is 1.90. The van der Waals surface area contributed by atoms with Crippen LogP contribution in [0.2, 0.25) is 0 Å². The summed E-state index contributed by atoms with van der Waals surface area (Å²) >= 11 is 0. The quantitative estimate of drug-likeness (QED) is 0.705. The summed E-state index contributed by atoms with van der Waals surface area (Å²) in [7, 11) is 0. The highest BCUT2D eigenvalue weighted by Crippen LogP contribution is 2.04. The van der Waals surface area contributed by atoms with E-state index in [1.807, 2.05) is 4.90 Å². The fourth-order valence-electron chi connectivity index (χ4n) is 1.90. The summed E-state index contributed by atoms with van der Waals surface area (Å²) in [6.07, 6.45) is 2.27. The van der Waals surface area contributed by atoms with Gasteiger partial charge in [-0.3, -0.25) is 4.79 Å². The van der Waals surface area contributed by atoms with Crippen molar-refractivity contribution in [3.8, 4) is 0 Å². The Balaban J connectivity index is 2.37. The molecule has 1 amide bonds. The monoisotopic (exact) mass is 214 g/mol. The minimum Gasteiger partial charge on any atom is -0.370 e. The molecule has 4 nitrogen and oxygen atoms in total. The Morgan fingerprint density at radius 2 is 2.33 bits per heavy atom. The van der Waals surface area contributed by atoms with Crippen molar-refractivity contribution in [2.75, 3.05) is 32.8 Å². The van der Waals surface area contributed by atoms with E-state index in [1.165, 1.54) is 0 Å². The fraction of sp³-hybridized carbons (Fsp3) is 0.909. The van der Waals surface area contributed by atoms with Gasteiger partial charge in [0.05, 0.1) is 6.61 Å². The number of hydrogen-bond acceptors (Lipinski definition) is 3. The van der Waals surface area contributed by atoms with Crippen LogP contribution in [0.1, 0.15) is 26.7 Å². The van der Waals surface area contributed by atoms with Gasteiger partial charge in [-0.15, -0.1) is 0 Å². The predicted molar refractivity (Wildman–Crippen MR) is 59.8 cm³/mol. The molecule has 0 saturated carbocycles. The number of rotatable bonds is 6. The molecule has 1 aliphatic heterocycles. The lowest BCUT2D eigenvalue weighted by atomic mass is 10.1. The number of nitrogens with zero attached hydrogens (tertiary/aromatic N) is 1. The molecule has 1 heterocycles. The van der Waals surface area contributed by atoms with Crippen molar-refractivity contribution in [1.82, 2.24) is 10.2 Å².